The highest BCUT2D eigenvalue weighted by Gasteiger charge is 2.07. The average molecular weight is 213 g/mol. The fourth-order valence-electron chi connectivity index (χ4n) is 1.08. The van der Waals surface area contributed by atoms with Crippen molar-refractivity contribution in [1.29, 1.82) is 0 Å². The number of hydrogen-bond donors (Lipinski definition) is 3. The first-order valence-electron chi connectivity index (χ1n) is 4.39. The average Bonchev–Trinajstić information content (AvgIpc) is 2.60. The third-order valence-electron chi connectivity index (χ3n) is 1.91. The third-order valence-corrected chi connectivity index (χ3v) is 3.09. The summed E-state index contributed by atoms with van der Waals surface area (Å²) in [6.45, 7) is 4.52. The molecule has 0 saturated carbocycles. The van der Waals surface area contributed by atoms with Crippen molar-refractivity contribution < 1.29 is 5.21 Å². The molecule has 0 amide bonds. The number of oxime groups is 1. The second-order valence-electron chi connectivity index (χ2n) is 3.14. The summed E-state index contributed by atoms with van der Waals surface area (Å²) in [4.78, 5) is 2.55. The van der Waals surface area contributed by atoms with Crippen molar-refractivity contribution in [3.8, 4) is 0 Å². The fraction of sp³-hybridized carbons (Fsp3) is 0.444. The molecule has 0 fully saturated rings. The SMILES string of the molecule is Cc1ccc(C(C)NCC(N)=NO)s1. The smallest absolute Gasteiger partial charge is 0.153 e. The highest BCUT2D eigenvalue weighted by atomic mass is 32.1. The number of thiophene rings is 1. The van der Waals surface area contributed by atoms with E-state index in [2.05, 4.69) is 36.5 Å². The van der Waals surface area contributed by atoms with Gasteiger partial charge in [-0.1, -0.05) is 5.16 Å². The molecular weight excluding hydrogens is 198 g/mol. The summed E-state index contributed by atoms with van der Waals surface area (Å²) in [6.07, 6.45) is 0. The van der Waals surface area contributed by atoms with Gasteiger partial charge in [0, 0.05) is 15.8 Å². The van der Waals surface area contributed by atoms with Crippen molar-refractivity contribution in [2.45, 2.75) is 19.9 Å². The largest absolute Gasteiger partial charge is 0.409 e. The number of amidine groups is 1. The molecule has 0 saturated heterocycles. The van der Waals surface area contributed by atoms with Crippen LogP contribution in [0.15, 0.2) is 17.3 Å². The van der Waals surface area contributed by atoms with Crippen LogP contribution in [0.25, 0.3) is 0 Å². The fourth-order valence-corrected chi connectivity index (χ4v) is 1.98. The van der Waals surface area contributed by atoms with Gasteiger partial charge in [-0.25, -0.2) is 0 Å². The molecule has 5 heteroatoms. The summed E-state index contributed by atoms with van der Waals surface area (Å²) < 4.78 is 0. The van der Waals surface area contributed by atoms with E-state index in [4.69, 9.17) is 10.9 Å². The van der Waals surface area contributed by atoms with Crippen molar-refractivity contribution in [3.05, 3.63) is 21.9 Å². The van der Waals surface area contributed by atoms with Gasteiger partial charge >= 0.3 is 0 Å². The lowest BCUT2D eigenvalue weighted by Gasteiger charge is -2.10. The van der Waals surface area contributed by atoms with Crippen LogP contribution in [0.1, 0.15) is 22.7 Å². The second kappa shape index (κ2) is 4.97. The van der Waals surface area contributed by atoms with Gasteiger partial charge in [0.2, 0.25) is 0 Å². The summed E-state index contributed by atoms with van der Waals surface area (Å²) in [5, 5.41) is 14.4. The molecule has 0 aromatic carbocycles. The Balaban J connectivity index is 2.47. The lowest BCUT2D eigenvalue weighted by molar-refractivity contribution is 0.316. The van der Waals surface area contributed by atoms with E-state index in [1.54, 1.807) is 11.3 Å². The minimum absolute atomic E-state index is 0.199. The minimum atomic E-state index is 0.199. The summed E-state index contributed by atoms with van der Waals surface area (Å²) in [5.74, 6) is 0.199. The van der Waals surface area contributed by atoms with E-state index in [0.29, 0.717) is 6.54 Å². The van der Waals surface area contributed by atoms with Crippen LogP contribution in [-0.2, 0) is 0 Å². The number of hydrogen-bond acceptors (Lipinski definition) is 4. The monoisotopic (exact) mass is 213 g/mol. The number of nitrogens with one attached hydrogen (secondary N) is 1. The summed E-state index contributed by atoms with van der Waals surface area (Å²) in [5.41, 5.74) is 5.35. The summed E-state index contributed by atoms with van der Waals surface area (Å²) in [6, 6.07) is 4.40. The number of nitrogens with zero attached hydrogens (tertiary/aromatic N) is 1. The zero-order valence-corrected chi connectivity index (χ0v) is 9.14. The Labute approximate surface area is 87.4 Å². The van der Waals surface area contributed by atoms with E-state index in [1.807, 2.05) is 0 Å². The Bertz CT molecular complexity index is 322. The standard InChI is InChI=1S/C9H15N3OS/c1-6-3-4-8(14-6)7(2)11-5-9(10)12-13/h3-4,7,11,13H,5H2,1-2H3,(H2,10,12). The molecule has 0 radical (unpaired) electrons. The van der Waals surface area contributed by atoms with Gasteiger partial charge in [-0.2, -0.15) is 0 Å². The molecule has 1 aromatic rings. The van der Waals surface area contributed by atoms with Crippen LogP contribution in [0.2, 0.25) is 0 Å². The molecule has 4 nitrogen and oxygen atoms in total. The first kappa shape index (κ1) is 11.0. The predicted molar refractivity (Wildman–Crippen MR) is 58.9 cm³/mol. The summed E-state index contributed by atoms with van der Waals surface area (Å²) in [7, 11) is 0. The Hall–Kier alpha value is -1.07. The molecule has 1 aromatic heterocycles. The third kappa shape index (κ3) is 3.01. The Morgan fingerprint density at radius 3 is 2.93 bits per heavy atom. The molecule has 4 N–H and O–H groups in total. The summed E-state index contributed by atoms with van der Waals surface area (Å²) >= 11 is 1.75. The lowest BCUT2D eigenvalue weighted by Crippen LogP contribution is -2.30. The van der Waals surface area contributed by atoms with E-state index in [1.165, 1.54) is 9.75 Å². The maximum atomic E-state index is 8.35. The maximum Gasteiger partial charge on any atom is 0.153 e. The quantitative estimate of drug-likeness (QED) is 0.307. The molecule has 1 rings (SSSR count). The molecule has 0 spiro atoms. The zero-order chi connectivity index (χ0) is 10.6. The number of aryl methyl sites for hydroxylation is 1. The van der Waals surface area contributed by atoms with Crippen molar-refractivity contribution in [2.24, 2.45) is 10.9 Å². The molecule has 0 bridgehead atoms. The van der Waals surface area contributed by atoms with E-state index in [-0.39, 0.29) is 11.9 Å². The lowest BCUT2D eigenvalue weighted by atomic mass is 10.2. The maximum absolute atomic E-state index is 8.35. The van der Waals surface area contributed by atoms with Crippen LogP contribution >= 0.6 is 11.3 Å². The molecular formula is C9H15N3OS. The van der Waals surface area contributed by atoms with Gasteiger partial charge < -0.3 is 16.3 Å². The number of nitrogens with two attached hydrogens (primary N) is 1. The van der Waals surface area contributed by atoms with Gasteiger partial charge in [0.05, 0.1) is 6.54 Å². The van der Waals surface area contributed by atoms with Gasteiger partial charge in [-0.05, 0) is 26.0 Å². The van der Waals surface area contributed by atoms with E-state index in [9.17, 15) is 0 Å². The van der Waals surface area contributed by atoms with E-state index < -0.39 is 0 Å². The molecule has 1 heterocycles. The van der Waals surface area contributed by atoms with Gasteiger partial charge in [0.25, 0.3) is 0 Å². The van der Waals surface area contributed by atoms with Crippen molar-refractivity contribution in [2.75, 3.05) is 6.54 Å². The van der Waals surface area contributed by atoms with Crippen LogP contribution in [-0.4, -0.2) is 17.6 Å². The first-order chi connectivity index (χ1) is 6.63. The van der Waals surface area contributed by atoms with Crippen LogP contribution in [0.4, 0.5) is 0 Å². The van der Waals surface area contributed by atoms with Gasteiger partial charge in [0.1, 0.15) is 0 Å². The minimum Gasteiger partial charge on any atom is -0.409 e. The Kier molecular flexibility index (Phi) is 3.91. The highest BCUT2D eigenvalue weighted by molar-refractivity contribution is 7.12. The van der Waals surface area contributed by atoms with Crippen LogP contribution in [0, 0.1) is 6.92 Å². The predicted octanol–water partition coefficient (Wildman–Crippen LogP) is 1.45. The van der Waals surface area contributed by atoms with Gasteiger partial charge in [-0.15, -0.1) is 11.3 Å². The van der Waals surface area contributed by atoms with Gasteiger partial charge in [-0.3, -0.25) is 0 Å². The molecule has 0 aliphatic heterocycles. The second-order valence-corrected chi connectivity index (χ2v) is 4.46. The molecule has 1 unspecified atom stereocenters. The van der Waals surface area contributed by atoms with Crippen molar-refractivity contribution >= 4 is 17.2 Å². The van der Waals surface area contributed by atoms with E-state index in [0.717, 1.165) is 0 Å². The van der Waals surface area contributed by atoms with Gasteiger partial charge in [0.15, 0.2) is 5.84 Å². The topological polar surface area (TPSA) is 70.6 Å². The van der Waals surface area contributed by atoms with Crippen molar-refractivity contribution in [3.63, 3.8) is 0 Å². The molecule has 0 aliphatic carbocycles. The molecule has 0 aliphatic rings. The van der Waals surface area contributed by atoms with Crippen LogP contribution in [0.3, 0.4) is 0 Å². The molecule has 1 atom stereocenters. The first-order valence-corrected chi connectivity index (χ1v) is 5.21. The van der Waals surface area contributed by atoms with Crippen LogP contribution in [0.5, 0.6) is 0 Å². The van der Waals surface area contributed by atoms with E-state index >= 15 is 0 Å². The molecule has 14 heavy (non-hydrogen) atoms. The highest BCUT2D eigenvalue weighted by Crippen LogP contribution is 2.21. The molecule has 78 valence electrons. The number of rotatable bonds is 4. The van der Waals surface area contributed by atoms with Crippen LogP contribution < -0.4 is 11.1 Å². The Morgan fingerprint density at radius 2 is 2.43 bits per heavy atom. The van der Waals surface area contributed by atoms with Crippen molar-refractivity contribution in [1.82, 2.24) is 5.32 Å². The zero-order valence-electron chi connectivity index (χ0n) is 8.32. The Morgan fingerprint density at radius 1 is 1.71 bits per heavy atom. The normalized spacial score (nSPS) is 14.3.